The average Bonchev–Trinajstić information content (AvgIpc) is 2.35. The van der Waals surface area contributed by atoms with Crippen molar-refractivity contribution in [3.63, 3.8) is 0 Å². The Labute approximate surface area is 120 Å². The van der Waals surface area contributed by atoms with E-state index in [9.17, 15) is 9.59 Å². The Bertz CT molecular complexity index is 441. The number of rotatable bonds is 6. The van der Waals surface area contributed by atoms with Crippen LogP contribution in [0.5, 0.6) is 0 Å². The molecule has 110 valence electrons. The van der Waals surface area contributed by atoms with Crippen LogP contribution in [0.25, 0.3) is 0 Å². The van der Waals surface area contributed by atoms with Crippen LogP contribution >= 0.6 is 0 Å². The van der Waals surface area contributed by atoms with Crippen molar-refractivity contribution in [3.8, 4) is 0 Å². The highest BCUT2D eigenvalue weighted by Crippen LogP contribution is 2.16. The summed E-state index contributed by atoms with van der Waals surface area (Å²) in [5.74, 6) is -1.94. The third-order valence-corrected chi connectivity index (χ3v) is 2.86. The zero-order valence-corrected chi connectivity index (χ0v) is 12.6. The summed E-state index contributed by atoms with van der Waals surface area (Å²) in [5.41, 5.74) is 3.14. The van der Waals surface area contributed by atoms with Gasteiger partial charge < -0.3 is 9.47 Å². The largest absolute Gasteiger partial charge is 0.465 e. The molecule has 0 aromatic heterocycles. The summed E-state index contributed by atoms with van der Waals surface area (Å²) < 4.78 is 9.93. The fourth-order valence-corrected chi connectivity index (χ4v) is 2.17. The molecule has 0 amide bonds. The molecule has 20 heavy (non-hydrogen) atoms. The highest BCUT2D eigenvalue weighted by Gasteiger charge is 2.29. The van der Waals surface area contributed by atoms with Crippen molar-refractivity contribution in [2.75, 3.05) is 13.2 Å². The van der Waals surface area contributed by atoms with Gasteiger partial charge in [0.2, 0.25) is 0 Å². The molecule has 1 rings (SSSR count). The second kappa shape index (κ2) is 7.68. The maximum atomic E-state index is 11.9. The van der Waals surface area contributed by atoms with Gasteiger partial charge in [0.1, 0.15) is 0 Å². The second-order valence-electron chi connectivity index (χ2n) is 4.76. The Balaban J connectivity index is 2.93. The molecular formula is C16H22O4. The smallest absolute Gasteiger partial charge is 0.320 e. The zero-order valence-electron chi connectivity index (χ0n) is 12.6. The van der Waals surface area contributed by atoms with Gasteiger partial charge in [-0.1, -0.05) is 29.3 Å². The van der Waals surface area contributed by atoms with Crippen molar-refractivity contribution in [1.29, 1.82) is 0 Å². The van der Waals surface area contributed by atoms with Crippen LogP contribution in [0.3, 0.4) is 0 Å². The lowest BCUT2D eigenvalue weighted by Crippen LogP contribution is -2.30. The van der Waals surface area contributed by atoms with Crippen LogP contribution < -0.4 is 0 Å². The number of carbonyl (C=O) groups is 2. The van der Waals surface area contributed by atoms with Crippen LogP contribution in [0.4, 0.5) is 0 Å². The number of ether oxygens (including phenoxy) is 2. The van der Waals surface area contributed by atoms with Crippen molar-refractivity contribution in [1.82, 2.24) is 0 Å². The van der Waals surface area contributed by atoms with Crippen molar-refractivity contribution in [2.45, 2.75) is 34.1 Å². The minimum Gasteiger partial charge on any atom is -0.465 e. The molecular weight excluding hydrogens is 256 g/mol. The van der Waals surface area contributed by atoms with Crippen LogP contribution in [0.2, 0.25) is 0 Å². The average molecular weight is 278 g/mol. The molecule has 0 aliphatic rings. The van der Waals surface area contributed by atoms with Gasteiger partial charge in [-0.2, -0.15) is 0 Å². The molecule has 0 atom stereocenters. The first-order chi connectivity index (χ1) is 9.47. The van der Waals surface area contributed by atoms with Crippen molar-refractivity contribution < 1.29 is 19.1 Å². The van der Waals surface area contributed by atoms with Gasteiger partial charge in [-0.05, 0) is 39.7 Å². The van der Waals surface area contributed by atoms with Gasteiger partial charge in [-0.3, -0.25) is 9.59 Å². The Morgan fingerprint density at radius 3 is 1.80 bits per heavy atom. The van der Waals surface area contributed by atoms with Crippen molar-refractivity contribution in [3.05, 3.63) is 34.9 Å². The Kier molecular flexibility index (Phi) is 6.22. The molecule has 0 aliphatic carbocycles. The van der Waals surface area contributed by atoms with Crippen LogP contribution in [0, 0.1) is 19.8 Å². The minimum absolute atomic E-state index is 0.252. The summed E-state index contributed by atoms with van der Waals surface area (Å²) in [6.45, 7) is 7.91. The van der Waals surface area contributed by atoms with E-state index in [1.54, 1.807) is 13.8 Å². The maximum absolute atomic E-state index is 11.9. The number of carbonyl (C=O) groups excluding carboxylic acids is 2. The lowest BCUT2D eigenvalue weighted by atomic mass is 9.96. The first kappa shape index (κ1) is 16.2. The summed E-state index contributed by atoms with van der Waals surface area (Å²) in [6, 6.07) is 5.99. The number of hydrogen-bond donors (Lipinski definition) is 0. The van der Waals surface area contributed by atoms with Gasteiger partial charge in [0.05, 0.1) is 13.2 Å². The van der Waals surface area contributed by atoms with E-state index in [0.29, 0.717) is 6.42 Å². The molecule has 0 heterocycles. The summed E-state index contributed by atoms with van der Waals surface area (Å²) in [6.07, 6.45) is 0.306. The molecule has 4 heteroatoms. The molecule has 0 unspecified atom stereocenters. The Hall–Kier alpha value is -1.84. The van der Waals surface area contributed by atoms with E-state index < -0.39 is 17.9 Å². The molecule has 1 aromatic carbocycles. The molecule has 4 nitrogen and oxygen atoms in total. The molecule has 1 aromatic rings. The quantitative estimate of drug-likeness (QED) is 0.593. The third kappa shape index (κ3) is 4.68. The first-order valence-corrected chi connectivity index (χ1v) is 6.88. The van der Waals surface area contributed by atoms with E-state index in [0.717, 1.165) is 16.7 Å². The van der Waals surface area contributed by atoms with E-state index in [4.69, 9.17) is 9.47 Å². The second-order valence-corrected chi connectivity index (χ2v) is 4.76. The molecule has 0 saturated carbocycles. The van der Waals surface area contributed by atoms with Crippen LogP contribution in [0.1, 0.15) is 30.5 Å². The van der Waals surface area contributed by atoms with Gasteiger partial charge in [0.15, 0.2) is 5.92 Å². The minimum atomic E-state index is -0.893. The van der Waals surface area contributed by atoms with E-state index in [1.807, 2.05) is 32.0 Å². The van der Waals surface area contributed by atoms with Crippen LogP contribution in [0.15, 0.2) is 18.2 Å². The fourth-order valence-electron chi connectivity index (χ4n) is 2.17. The normalized spacial score (nSPS) is 10.4. The first-order valence-electron chi connectivity index (χ1n) is 6.88. The molecule has 0 spiro atoms. The van der Waals surface area contributed by atoms with Crippen molar-refractivity contribution >= 4 is 11.9 Å². The van der Waals surface area contributed by atoms with Gasteiger partial charge in [0, 0.05) is 0 Å². The predicted molar refractivity (Wildman–Crippen MR) is 76.4 cm³/mol. The predicted octanol–water partition coefficient (Wildman–Crippen LogP) is 2.59. The fraction of sp³-hybridized carbons (Fsp3) is 0.500. The summed E-state index contributed by atoms with van der Waals surface area (Å²) in [4.78, 5) is 23.8. The summed E-state index contributed by atoms with van der Waals surface area (Å²) in [5, 5.41) is 0. The SMILES string of the molecule is CCOC(=O)C(Cc1cc(C)cc(C)c1)C(=O)OCC. The van der Waals surface area contributed by atoms with Gasteiger partial charge >= 0.3 is 11.9 Å². The molecule has 0 radical (unpaired) electrons. The zero-order chi connectivity index (χ0) is 15.1. The maximum Gasteiger partial charge on any atom is 0.320 e. The lowest BCUT2D eigenvalue weighted by Gasteiger charge is -2.15. The van der Waals surface area contributed by atoms with Gasteiger partial charge in [-0.25, -0.2) is 0 Å². The van der Waals surface area contributed by atoms with Crippen LogP contribution in [-0.4, -0.2) is 25.2 Å². The number of esters is 2. The highest BCUT2D eigenvalue weighted by molar-refractivity contribution is 5.95. The number of benzene rings is 1. The monoisotopic (exact) mass is 278 g/mol. The van der Waals surface area contributed by atoms with E-state index in [2.05, 4.69) is 0 Å². The lowest BCUT2D eigenvalue weighted by molar-refractivity contribution is -0.161. The molecule has 0 bridgehead atoms. The molecule has 0 fully saturated rings. The summed E-state index contributed by atoms with van der Waals surface area (Å²) >= 11 is 0. The summed E-state index contributed by atoms with van der Waals surface area (Å²) in [7, 11) is 0. The third-order valence-electron chi connectivity index (χ3n) is 2.86. The molecule has 0 saturated heterocycles. The van der Waals surface area contributed by atoms with E-state index in [-0.39, 0.29) is 13.2 Å². The number of aryl methyl sites for hydroxylation is 2. The van der Waals surface area contributed by atoms with Gasteiger partial charge in [-0.15, -0.1) is 0 Å². The van der Waals surface area contributed by atoms with Gasteiger partial charge in [0.25, 0.3) is 0 Å². The van der Waals surface area contributed by atoms with E-state index in [1.165, 1.54) is 0 Å². The number of hydrogen-bond acceptors (Lipinski definition) is 4. The molecule has 0 aliphatic heterocycles. The van der Waals surface area contributed by atoms with Crippen molar-refractivity contribution in [2.24, 2.45) is 5.92 Å². The molecule has 0 N–H and O–H groups in total. The Morgan fingerprint density at radius 1 is 0.950 bits per heavy atom. The Morgan fingerprint density at radius 2 is 1.40 bits per heavy atom. The highest BCUT2D eigenvalue weighted by atomic mass is 16.6. The standard InChI is InChI=1S/C16H22O4/c1-5-19-15(17)14(16(18)20-6-2)10-13-8-11(3)7-12(4)9-13/h7-9,14H,5-6,10H2,1-4H3. The topological polar surface area (TPSA) is 52.6 Å². The van der Waals surface area contributed by atoms with E-state index >= 15 is 0 Å². The van der Waals surface area contributed by atoms with Crippen LogP contribution in [-0.2, 0) is 25.5 Å².